The maximum Gasteiger partial charge on any atom is 0.104 e. The van der Waals surface area contributed by atoms with E-state index in [0.717, 1.165) is 0 Å². The standard InChI is InChI=1S/C2H5BrN2/c1-2(4)5-3/h1H3,(H2,4,5). The van der Waals surface area contributed by atoms with Crippen molar-refractivity contribution >= 4 is 22.0 Å². The molecule has 0 fully saturated rings. The zero-order valence-corrected chi connectivity index (χ0v) is 4.49. The summed E-state index contributed by atoms with van der Waals surface area (Å²) in [6.07, 6.45) is 0. The molecule has 0 aliphatic heterocycles. The zero-order valence-electron chi connectivity index (χ0n) is 2.90. The highest BCUT2D eigenvalue weighted by Crippen LogP contribution is 1.76. The number of hydrogen-bond donors (Lipinski definition) is 1. The summed E-state index contributed by atoms with van der Waals surface area (Å²) in [6, 6.07) is 0. The van der Waals surface area contributed by atoms with Crippen LogP contribution < -0.4 is 5.73 Å². The van der Waals surface area contributed by atoms with Crippen molar-refractivity contribution in [3.63, 3.8) is 0 Å². The topological polar surface area (TPSA) is 38.4 Å². The molecule has 0 amide bonds. The van der Waals surface area contributed by atoms with Crippen molar-refractivity contribution in [2.24, 2.45) is 9.75 Å². The maximum atomic E-state index is 4.99. The molecule has 0 aromatic rings. The molecule has 0 bridgehead atoms. The van der Waals surface area contributed by atoms with Crippen LogP contribution >= 0.6 is 16.1 Å². The van der Waals surface area contributed by atoms with E-state index in [1.165, 1.54) is 0 Å². The fourth-order valence-electron chi connectivity index (χ4n) is 0. The Balaban J connectivity index is 3.14. The molecule has 0 aliphatic carbocycles. The molecule has 0 atom stereocenters. The van der Waals surface area contributed by atoms with Gasteiger partial charge in [-0.2, -0.15) is 4.02 Å². The first-order valence-electron chi connectivity index (χ1n) is 1.18. The van der Waals surface area contributed by atoms with Crippen LogP contribution in [0.2, 0.25) is 0 Å². The van der Waals surface area contributed by atoms with Gasteiger partial charge in [0.25, 0.3) is 0 Å². The van der Waals surface area contributed by atoms with Gasteiger partial charge in [0.2, 0.25) is 0 Å². The zero-order chi connectivity index (χ0) is 4.28. The maximum absolute atomic E-state index is 4.99. The Morgan fingerprint density at radius 2 is 2.20 bits per heavy atom. The van der Waals surface area contributed by atoms with Crippen molar-refractivity contribution in [1.82, 2.24) is 0 Å². The van der Waals surface area contributed by atoms with E-state index < -0.39 is 0 Å². The Morgan fingerprint density at radius 3 is 2.20 bits per heavy atom. The first-order valence-corrected chi connectivity index (χ1v) is 1.89. The number of nitrogens with zero attached hydrogens (tertiary/aromatic N) is 1. The van der Waals surface area contributed by atoms with Crippen LogP contribution in [-0.4, -0.2) is 5.84 Å². The lowest BCUT2D eigenvalue weighted by atomic mass is 10.8. The minimum atomic E-state index is 0.546. The second-order valence-corrected chi connectivity index (χ2v) is 1.08. The van der Waals surface area contributed by atoms with E-state index in [4.69, 9.17) is 5.73 Å². The molecular formula is C2H5BrN2. The molecule has 0 aliphatic rings. The molecule has 0 heterocycles. The fraction of sp³-hybridized carbons (Fsp3) is 0.500. The highest BCUT2D eigenvalue weighted by molar-refractivity contribution is 9.08. The molecule has 0 aromatic heterocycles. The highest BCUT2D eigenvalue weighted by atomic mass is 79.9. The Kier molecular flexibility index (Phi) is 2.18. The lowest BCUT2D eigenvalue weighted by molar-refractivity contribution is 1.61. The third-order valence-electron chi connectivity index (χ3n) is 0.133. The van der Waals surface area contributed by atoms with Gasteiger partial charge in [-0.25, -0.2) is 0 Å². The number of hydrogen-bond acceptors (Lipinski definition) is 1. The average molecular weight is 137 g/mol. The van der Waals surface area contributed by atoms with Gasteiger partial charge in [0.05, 0.1) is 16.1 Å². The normalized spacial score (nSPS) is 12.0. The number of rotatable bonds is 0. The van der Waals surface area contributed by atoms with Crippen molar-refractivity contribution < 1.29 is 0 Å². The monoisotopic (exact) mass is 136 g/mol. The predicted molar refractivity (Wildman–Crippen MR) is 26.2 cm³/mol. The lowest BCUT2D eigenvalue weighted by Gasteiger charge is -1.73. The van der Waals surface area contributed by atoms with Crippen LogP contribution in [0, 0.1) is 0 Å². The molecule has 2 N–H and O–H groups in total. The summed E-state index contributed by atoms with van der Waals surface area (Å²) in [5, 5.41) is 0. The molecule has 30 valence electrons. The van der Waals surface area contributed by atoms with Gasteiger partial charge in [-0.05, 0) is 6.92 Å². The van der Waals surface area contributed by atoms with Gasteiger partial charge in [0.1, 0.15) is 5.84 Å². The van der Waals surface area contributed by atoms with Gasteiger partial charge in [0.15, 0.2) is 0 Å². The van der Waals surface area contributed by atoms with Crippen LogP contribution in [0.25, 0.3) is 0 Å². The Morgan fingerprint density at radius 1 is 2.00 bits per heavy atom. The Hall–Kier alpha value is -0.0500. The van der Waals surface area contributed by atoms with Gasteiger partial charge in [0, 0.05) is 0 Å². The van der Waals surface area contributed by atoms with E-state index in [9.17, 15) is 0 Å². The lowest BCUT2D eigenvalue weighted by Crippen LogP contribution is -2.01. The molecule has 2 nitrogen and oxygen atoms in total. The quantitative estimate of drug-likeness (QED) is 0.386. The second-order valence-electron chi connectivity index (χ2n) is 0.726. The molecule has 0 aromatic carbocycles. The smallest absolute Gasteiger partial charge is 0.104 e. The summed E-state index contributed by atoms with van der Waals surface area (Å²) < 4.78 is 3.40. The van der Waals surface area contributed by atoms with Gasteiger partial charge in [-0.15, -0.1) is 0 Å². The number of halogens is 1. The van der Waals surface area contributed by atoms with E-state index in [1.807, 2.05) is 0 Å². The van der Waals surface area contributed by atoms with Crippen LogP contribution in [0.3, 0.4) is 0 Å². The summed E-state index contributed by atoms with van der Waals surface area (Å²) in [5.74, 6) is 0.546. The minimum absolute atomic E-state index is 0.546. The van der Waals surface area contributed by atoms with Crippen molar-refractivity contribution in [3.8, 4) is 0 Å². The van der Waals surface area contributed by atoms with Crippen molar-refractivity contribution in [3.05, 3.63) is 0 Å². The van der Waals surface area contributed by atoms with E-state index in [0.29, 0.717) is 5.84 Å². The van der Waals surface area contributed by atoms with Crippen molar-refractivity contribution in [2.75, 3.05) is 0 Å². The van der Waals surface area contributed by atoms with Crippen LogP contribution in [0.5, 0.6) is 0 Å². The largest absolute Gasteiger partial charge is 0.387 e. The molecule has 3 heteroatoms. The highest BCUT2D eigenvalue weighted by Gasteiger charge is 1.63. The number of amidine groups is 1. The summed E-state index contributed by atoms with van der Waals surface area (Å²) in [5.41, 5.74) is 4.99. The molecule has 0 saturated heterocycles. The summed E-state index contributed by atoms with van der Waals surface area (Å²) >= 11 is 2.78. The molecule has 5 heavy (non-hydrogen) atoms. The van der Waals surface area contributed by atoms with Crippen LogP contribution in [-0.2, 0) is 0 Å². The molecule has 0 spiro atoms. The SMILES string of the molecule is CC(N)=NBr. The second kappa shape index (κ2) is 2.20. The molecular weight excluding hydrogens is 132 g/mol. The molecule has 0 rings (SSSR count). The molecule has 0 saturated carbocycles. The first-order chi connectivity index (χ1) is 2.27. The predicted octanol–water partition coefficient (Wildman–Crippen LogP) is 0.673. The molecule has 0 radical (unpaired) electrons. The summed E-state index contributed by atoms with van der Waals surface area (Å²) in [4.78, 5) is 0. The van der Waals surface area contributed by atoms with Gasteiger partial charge in [-0.1, -0.05) is 0 Å². The van der Waals surface area contributed by atoms with Crippen molar-refractivity contribution in [1.29, 1.82) is 0 Å². The van der Waals surface area contributed by atoms with E-state index in [2.05, 4.69) is 20.2 Å². The summed E-state index contributed by atoms with van der Waals surface area (Å²) in [6.45, 7) is 1.70. The fourth-order valence-corrected chi connectivity index (χ4v) is 0. The van der Waals surface area contributed by atoms with E-state index >= 15 is 0 Å². The first kappa shape index (κ1) is 4.95. The minimum Gasteiger partial charge on any atom is -0.387 e. The van der Waals surface area contributed by atoms with Gasteiger partial charge >= 0.3 is 0 Å². The van der Waals surface area contributed by atoms with Gasteiger partial charge < -0.3 is 5.73 Å². The Bertz CT molecular complexity index is 45.6. The van der Waals surface area contributed by atoms with Crippen molar-refractivity contribution in [2.45, 2.75) is 6.92 Å². The number of nitrogens with two attached hydrogens (primary N) is 1. The third-order valence-corrected chi connectivity index (χ3v) is 0.693. The van der Waals surface area contributed by atoms with Gasteiger partial charge in [-0.3, -0.25) is 0 Å². The third kappa shape index (κ3) is 3.95. The van der Waals surface area contributed by atoms with E-state index in [-0.39, 0.29) is 0 Å². The Labute approximate surface area is 39.4 Å². The van der Waals surface area contributed by atoms with Crippen LogP contribution in [0.15, 0.2) is 4.02 Å². The van der Waals surface area contributed by atoms with E-state index in [1.54, 1.807) is 6.92 Å². The summed E-state index contributed by atoms with van der Waals surface area (Å²) in [7, 11) is 0. The van der Waals surface area contributed by atoms with Crippen LogP contribution in [0.1, 0.15) is 6.92 Å². The molecule has 0 unspecified atom stereocenters. The van der Waals surface area contributed by atoms with Crippen LogP contribution in [0.4, 0.5) is 0 Å². The average Bonchev–Trinajstić information content (AvgIpc) is 1.38.